The molecule has 0 saturated heterocycles. The second-order valence-electron chi connectivity index (χ2n) is 4.83. The summed E-state index contributed by atoms with van der Waals surface area (Å²) in [5.74, 6) is 0.0939. The fourth-order valence-corrected chi connectivity index (χ4v) is 2.05. The van der Waals surface area contributed by atoms with Crippen LogP contribution in [0.25, 0.3) is 0 Å². The van der Waals surface area contributed by atoms with Crippen LogP contribution in [0.1, 0.15) is 29.3 Å². The molecule has 0 aliphatic rings. The average molecular weight is 269 g/mol. The van der Waals surface area contributed by atoms with Crippen molar-refractivity contribution in [2.24, 2.45) is 5.73 Å². The molecule has 1 aromatic carbocycles. The maximum atomic E-state index is 11.3. The summed E-state index contributed by atoms with van der Waals surface area (Å²) in [5.41, 5.74) is 7.07. The van der Waals surface area contributed by atoms with Gasteiger partial charge in [-0.2, -0.15) is 0 Å². The van der Waals surface area contributed by atoms with E-state index < -0.39 is 5.91 Å². The molecule has 0 aliphatic heterocycles. The van der Waals surface area contributed by atoms with Gasteiger partial charge in [-0.05, 0) is 37.5 Å². The van der Waals surface area contributed by atoms with E-state index in [1.807, 2.05) is 18.2 Å². The highest BCUT2D eigenvalue weighted by Crippen LogP contribution is 2.14. The predicted molar refractivity (Wildman–Crippen MR) is 80.6 cm³/mol. The summed E-state index contributed by atoms with van der Waals surface area (Å²) >= 11 is 0. The minimum absolute atomic E-state index is 0.211. The Morgan fingerprint density at radius 1 is 1.25 bits per heavy atom. The highest BCUT2D eigenvalue weighted by molar-refractivity contribution is 5.97. The number of nitrogens with one attached hydrogen (secondary N) is 1. The highest BCUT2D eigenvalue weighted by atomic mass is 16.1. The number of carbonyl (C=O) groups excluding carboxylic acids is 1. The first-order valence-electron chi connectivity index (χ1n) is 6.72. The number of hydrogen-bond donors (Lipinski definition) is 2. The van der Waals surface area contributed by atoms with Gasteiger partial charge in [0.15, 0.2) is 0 Å². The molecule has 4 nitrogen and oxygen atoms in total. The quantitative estimate of drug-likeness (QED) is 0.847. The number of pyridine rings is 1. The summed E-state index contributed by atoms with van der Waals surface area (Å²) in [6.07, 6.45) is 3.59. The third-order valence-electron chi connectivity index (χ3n) is 3.17. The number of aromatic nitrogens is 1. The molecule has 1 amide bonds. The third kappa shape index (κ3) is 3.82. The van der Waals surface area contributed by atoms with Gasteiger partial charge in [0.1, 0.15) is 5.82 Å². The molecule has 0 spiro atoms. The Bertz CT molecular complexity index is 569. The fraction of sp³-hybridized carbons (Fsp3) is 0.250. The molecule has 4 heteroatoms. The zero-order valence-electron chi connectivity index (χ0n) is 11.5. The molecule has 1 unspecified atom stereocenters. The number of carbonyl (C=O) groups is 1. The molecule has 20 heavy (non-hydrogen) atoms. The third-order valence-corrected chi connectivity index (χ3v) is 3.17. The van der Waals surface area contributed by atoms with Crippen molar-refractivity contribution < 1.29 is 4.79 Å². The Kier molecular flexibility index (Phi) is 4.71. The first kappa shape index (κ1) is 14.1. The van der Waals surface area contributed by atoms with Crippen LogP contribution in [0.15, 0.2) is 48.7 Å². The number of primary amides is 1. The van der Waals surface area contributed by atoms with Crippen LogP contribution in [-0.2, 0) is 6.42 Å². The highest BCUT2D eigenvalue weighted by Gasteiger charge is 2.11. The van der Waals surface area contributed by atoms with Gasteiger partial charge in [0, 0.05) is 12.2 Å². The number of rotatable bonds is 6. The lowest BCUT2D eigenvalue weighted by Crippen LogP contribution is -2.21. The molecule has 0 aliphatic carbocycles. The van der Waals surface area contributed by atoms with E-state index in [1.165, 1.54) is 5.56 Å². The van der Waals surface area contributed by atoms with E-state index in [0.29, 0.717) is 11.4 Å². The van der Waals surface area contributed by atoms with E-state index in [4.69, 9.17) is 5.73 Å². The van der Waals surface area contributed by atoms with E-state index >= 15 is 0 Å². The van der Waals surface area contributed by atoms with Crippen molar-refractivity contribution in [2.45, 2.75) is 25.8 Å². The summed E-state index contributed by atoms with van der Waals surface area (Å²) in [7, 11) is 0. The van der Waals surface area contributed by atoms with E-state index in [1.54, 1.807) is 18.3 Å². The van der Waals surface area contributed by atoms with Gasteiger partial charge in [0.25, 0.3) is 5.91 Å². The summed E-state index contributed by atoms with van der Waals surface area (Å²) < 4.78 is 0. The molecular weight excluding hydrogens is 250 g/mol. The standard InChI is InChI=1S/C16H19N3O/c1-12(9-10-13-6-3-2-4-7-13)19-16-14(15(17)20)8-5-11-18-16/h2-8,11-12H,9-10H2,1H3,(H2,17,20)(H,18,19). The number of nitrogens with zero attached hydrogens (tertiary/aromatic N) is 1. The molecule has 0 saturated carbocycles. The summed E-state index contributed by atoms with van der Waals surface area (Å²) in [5, 5.41) is 3.25. The van der Waals surface area contributed by atoms with Gasteiger partial charge >= 0.3 is 0 Å². The molecule has 1 heterocycles. The van der Waals surface area contributed by atoms with Crippen LogP contribution < -0.4 is 11.1 Å². The lowest BCUT2D eigenvalue weighted by atomic mass is 10.1. The minimum Gasteiger partial charge on any atom is -0.367 e. The monoisotopic (exact) mass is 269 g/mol. The van der Waals surface area contributed by atoms with Crippen LogP contribution in [0.2, 0.25) is 0 Å². The molecule has 104 valence electrons. The number of benzene rings is 1. The Labute approximate surface area is 119 Å². The lowest BCUT2D eigenvalue weighted by Gasteiger charge is -2.16. The average Bonchev–Trinajstić information content (AvgIpc) is 2.46. The molecular formula is C16H19N3O. The van der Waals surface area contributed by atoms with E-state index in [-0.39, 0.29) is 6.04 Å². The van der Waals surface area contributed by atoms with Crippen LogP contribution in [0.4, 0.5) is 5.82 Å². The zero-order chi connectivity index (χ0) is 14.4. The number of aryl methyl sites for hydroxylation is 1. The van der Waals surface area contributed by atoms with Gasteiger partial charge in [0.2, 0.25) is 0 Å². The predicted octanol–water partition coefficient (Wildman–Crippen LogP) is 2.61. The Morgan fingerprint density at radius 3 is 2.70 bits per heavy atom. The Hall–Kier alpha value is -2.36. The molecule has 0 bridgehead atoms. The summed E-state index contributed by atoms with van der Waals surface area (Å²) in [4.78, 5) is 15.5. The molecule has 0 fully saturated rings. The van der Waals surface area contributed by atoms with Crippen molar-refractivity contribution in [3.63, 3.8) is 0 Å². The summed E-state index contributed by atoms with van der Waals surface area (Å²) in [6, 6.07) is 13.9. The fourth-order valence-electron chi connectivity index (χ4n) is 2.05. The molecule has 2 aromatic rings. The topological polar surface area (TPSA) is 68.0 Å². The first-order valence-corrected chi connectivity index (χ1v) is 6.72. The lowest BCUT2D eigenvalue weighted by molar-refractivity contribution is 0.100. The van der Waals surface area contributed by atoms with Crippen LogP contribution >= 0.6 is 0 Å². The maximum Gasteiger partial charge on any atom is 0.252 e. The van der Waals surface area contributed by atoms with Crippen molar-refractivity contribution in [1.82, 2.24) is 4.98 Å². The molecule has 3 N–H and O–H groups in total. The van der Waals surface area contributed by atoms with Gasteiger partial charge in [-0.25, -0.2) is 4.98 Å². The van der Waals surface area contributed by atoms with E-state index in [0.717, 1.165) is 12.8 Å². The van der Waals surface area contributed by atoms with Crippen molar-refractivity contribution in [3.8, 4) is 0 Å². The van der Waals surface area contributed by atoms with Gasteiger partial charge in [-0.15, -0.1) is 0 Å². The maximum absolute atomic E-state index is 11.3. The Morgan fingerprint density at radius 2 is 2.00 bits per heavy atom. The van der Waals surface area contributed by atoms with Gasteiger partial charge in [0.05, 0.1) is 5.56 Å². The van der Waals surface area contributed by atoms with Gasteiger partial charge in [-0.3, -0.25) is 4.79 Å². The van der Waals surface area contributed by atoms with E-state index in [9.17, 15) is 4.79 Å². The van der Waals surface area contributed by atoms with Crippen molar-refractivity contribution >= 4 is 11.7 Å². The Balaban J connectivity index is 1.95. The van der Waals surface area contributed by atoms with Crippen LogP contribution in [-0.4, -0.2) is 16.9 Å². The number of anilines is 1. The van der Waals surface area contributed by atoms with Crippen LogP contribution in [0.3, 0.4) is 0 Å². The van der Waals surface area contributed by atoms with Gasteiger partial charge in [-0.1, -0.05) is 30.3 Å². The second kappa shape index (κ2) is 6.70. The normalized spacial score (nSPS) is 11.8. The van der Waals surface area contributed by atoms with Crippen LogP contribution in [0.5, 0.6) is 0 Å². The van der Waals surface area contributed by atoms with Crippen LogP contribution in [0, 0.1) is 0 Å². The molecule has 0 radical (unpaired) electrons. The summed E-state index contributed by atoms with van der Waals surface area (Å²) in [6.45, 7) is 2.07. The smallest absolute Gasteiger partial charge is 0.252 e. The van der Waals surface area contributed by atoms with Crippen molar-refractivity contribution in [3.05, 3.63) is 59.8 Å². The molecule has 1 atom stereocenters. The first-order chi connectivity index (χ1) is 9.66. The molecule has 2 rings (SSSR count). The number of nitrogens with two attached hydrogens (primary N) is 1. The largest absolute Gasteiger partial charge is 0.367 e. The van der Waals surface area contributed by atoms with Crippen molar-refractivity contribution in [1.29, 1.82) is 0 Å². The minimum atomic E-state index is -0.462. The number of amides is 1. The van der Waals surface area contributed by atoms with E-state index in [2.05, 4.69) is 29.4 Å². The van der Waals surface area contributed by atoms with Gasteiger partial charge < -0.3 is 11.1 Å². The SMILES string of the molecule is CC(CCc1ccccc1)Nc1ncccc1C(N)=O. The second-order valence-corrected chi connectivity index (χ2v) is 4.83. The van der Waals surface area contributed by atoms with Crippen molar-refractivity contribution in [2.75, 3.05) is 5.32 Å². The zero-order valence-corrected chi connectivity index (χ0v) is 11.5. The number of hydrogen-bond acceptors (Lipinski definition) is 3. The molecule has 1 aromatic heterocycles.